The SMILES string of the molecule is O=C(NCCc1cccs1)N1CCC[C@@]2(CCC(=O)N(C3CC3)C2)C1. The molecule has 5 nitrogen and oxygen atoms in total. The van der Waals surface area contributed by atoms with Crippen LogP contribution in [-0.2, 0) is 11.2 Å². The Labute approximate surface area is 153 Å². The summed E-state index contributed by atoms with van der Waals surface area (Å²) in [6, 6.07) is 4.70. The van der Waals surface area contributed by atoms with Crippen molar-refractivity contribution in [2.75, 3.05) is 26.2 Å². The minimum Gasteiger partial charge on any atom is -0.339 e. The lowest BCUT2D eigenvalue weighted by Gasteiger charge is -2.48. The number of hydrogen-bond donors (Lipinski definition) is 1. The zero-order chi connectivity index (χ0) is 17.3. The summed E-state index contributed by atoms with van der Waals surface area (Å²) in [5.74, 6) is 0.325. The topological polar surface area (TPSA) is 52.7 Å². The van der Waals surface area contributed by atoms with Gasteiger partial charge in [-0.3, -0.25) is 4.79 Å². The molecule has 1 aromatic heterocycles. The van der Waals surface area contributed by atoms with Gasteiger partial charge in [-0.15, -0.1) is 11.3 Å². The maximum atomic E-state index is 12.6. The Morgan fingerprint density at radius 1 is 1.32 bits per heavy atom. The van der Waals surface area contributed by atoms with Gasteiger partial charge in [0.05, 0.1) is 0 Å². The van der Waals surface area contributed by atoms with Crippen molar-refractivity contribution >= 4 is 23.3 Å². The van der Waals surface area contributed by atoms with Crippen LogP contribution < -0.4 is 5.32 Å². The zero-order valence-electron chi connectivity index (χ0n) is 14.7. The van der Waals surface area contributed by atoms with Gasteiger partial charge >= 0.3 is 6.03 Å². The molecule has 0 unspecified atom stereocenters. The highest BCUT2D eigenvalue weighted by Crippen LogP contribution is 2.42. The lowest BCUT2D eigenvalue weighted by atomic mass is 9.73. The molecule has 1 atom stereocenters. The highest BCUT2D eigenvalue weighted by atomic mass is 32.1. The van der Waals surface area contributed by atoms with Crippen molar-refractivity contribution in [3.05, 3.63) is 22.4 Å². The first-order valence-corrected chi connectivity index (χ1v) is 10.4. The first kappa shape index (κ1) is 16.9. The van der Waals surface area contributed by atoms with E-state index in [1.807, 2.05) is 11.0 Å². The Bertz CT molecular complexity index is 629. The van der Waals surface area contributed by atoms with Gasteiger partial charge in [-0.2, -0.15) is 0 Å². The number of amides is 3. The van der Waals surface area contributed by atoms with Crippen LogP contribution in [0.1, 0.15) is 43.4 Å². The Kier molecular flexibility index (Phi) is 4.71. The number of piperidine rings is 2. The molecule has 0 aromatic carbocycles. The van der Waals surface area contributed by atoms with Gasteiger partial charge in [0.25, 0.3) is 0 Å². The van der Waals surface area contributed by atoms with E-state index in [2.05, 4.69) is 21.7 Å². The van der Waals surface area contributed by atoms with Crippen LogP contribution in [0.15, 0.2) is 17.5 Å². The summed E-state index contributed by atoms with van der Waals surface area (Å²) < 4.78 is 0. The largest absolute Gasteiger partial charge is 0.339 e. The summed E-state index contributed by atoms with van der Waals surface area (Å²) in [6.45, 7) is 3.18. The summed E-state index contributed by atoms with van der Waals surface area (Å²) in [4.78, 5) is 30.2. The monoisotopic (exact) mass is 361 g/mol. The fraction of sp³-hybridized carbons (Fsp3) is 0.684. The smallest absolute Gasteiger partial charge is 0.317 e. The van der Waals surface area contributed by atoms with Gasteiger partial charge in [-0.05, 0) is 50.0 Å². The minimum atomic E-state index is 0.0607. The summed E-state index contributed by atoms with van der Waals surface area (Å²) >= 11 is 1.73. The molecule has 0 radical (unpaired) electrons. The maximum Gasteiger partial charge on any atom is 0.317 e. The Balaban J connectivity index is 1.32. The van der Waals surface area contributed by atoms with Crippen LogP contribution in [0.5, 0.6) is 0 Å². The average Bonchev–Trinajstić information content (AvgIpc) is 3.34. The number of carbonyl (C=O) groups is 2. The zero-order valence-corrected chi connectivity index (χ0v) is 15.5. The van der Waals surface area contributed by atoms with Crippen LogP contribution >= 0.6 is 11.3 Å². The van der Waals surface area contributed by atoms with Crippen molar-refractivity contribution < 1.29 is 9.59 Å². The van der Waals surface area contributed by atoms with E-state index in [0.29, 0.717) is 24.9 Å². The molecule has 6 heteroatoms. The summed E-state index contributed by atoms with van der Waals surface area (Å²) in [7, 11) is 0. The summed E-state index contributed by atoms with van der Waals surface area (Å²) in [5.41, 5.74) is 0.125. The third-order valence-corrected chi connectivity index (χ3v) is 6.80. The summed E-state index contributed by atoms with van der Waals surface area (Å²) in [5, 5.41) is 5.15. The fourth-order valence-corrected chi connectivity index (χ4v) is 5.05. The molecule has 3 heterocycles. The van der Waals surface area contributed by atoms with Crippen LogP contribution in [0.2, 0.25) is 0 Å². The lowest BCUT2D eigenvalue weighted by Crippen LogP contribution is -2.57. The molecule has 0 bridgehead atoms. The fourth-order valence-electron chi connectivity index (χ4n) is 4.34. The average molecular weight is 362 g/mol. The maximum absolute atomic E-state index is 12.6. The molecular formula is C19H27N3O2S. The van der Waals surface area contributed by atoms with E-state index in [9.17, 15) is 9.59 Å². The van der Waals surface area contributed by atoms with Gasteiger partial charge in [0.15, 0.2) is 0 Å². The molecule has 2 aliphatic heterocycles. The third kappa shape index (κ3) is 3.84. The van der Waals surface area contributed by atoms with Crippen LogP contribution in [0.4, 0.5) is 4.79 Å². The molecular weight excluding hydrogens is 334 g/mol. The molecule has 1 aliphatic carbocycles. The van der Waals surface area contributed by atoms with E-state index in [-0.39, 0.29) is 11.4 Å². The molecule has 1 saturated carbocycles. The van der Waals surface area contributed by atoms with E-state index >= 15 is 0 Å². The quantitative estimate of drug-likeness (QED) is 0.896. The molecule has 3 amide bonds. The van der Waals surface area contributed by atoms with Gasteiger partial charge in [0.2, 0.25) is 5.91 Å². The molecule has 3 fully saturated rings. The van der Waals surface area contributed by atoms with E-state index in [1.165, 1.54) is 4.88 Å². The van der Waals surface area contributed by atoms with Crippen molar-refractivity contribution in [1.29, 1.82) is 0 Å². The molecule has 1 spiro atoms. The normalized spacial score (nSPS) is 27.0. The van der Waals surface area contributed by atoms with Crippen molar-refractivity contribution in [1.82, 2.24) is 15.1 Å². The molecule has 4 rings (SSSR count). The van der Waals surface area contributed by atoms with Gasteiger partial charge in [-0.25, -0.2) is 4.79 Å². The molecule has 1 aromatic rings. The number of nitrogens with one attached hydrogen (secondary N) is 1. The minimum absolute atomic E-state index is 0.0607. The van der Waals surface area contributed by atoms with Crippen molar-refractivity contribution in [2.24, 2.45) is 5.41 Å². The van der Waals surface area contributed by atoms with Crippen molar-refractivity contribution in [3.8, 4) is 0 Å². The number of hydrogen-bond acceptors (Lipinski definition) is 3. The number of urea groups is 1. The van der Waals surface area contributed by atoms with E-state index < -0.39 is 0 Å². The number of rotatable bonds is 4. The predicted molar refractivity (Wildman–Crippen MR) is 98.6 cm³/mol. The van der Waals surface area contributed by atoms with Crippen LogP contribution in [-0.4, -0.2) is 54.0 Å². The van der Waals surface area contributed by atoms with Crippen molar-refractivity contribution in [3.63, 3.8) is 0 Å². The Morgan fingerprint density at radius 3 is 2.96 bits per heavy atom. The van der Waals surface area contributed by atoms with E-state index in [0.717, 1.165) is 58.2 Å². The Hall–Kier alpha value is -1.56. The second-order valence-corrected chi connectivity index (χ2v) is 8.87. The highest BCUT2D eigenvalue weighted by Gasteiger charge is 2.46. The second-order valence-electron chi connectivity index (χ2n) is 7.84. The van der Waals surface area contributed by atoms with E-state index in [4.69, 9.17) is 0 Å². The first-order valence-electron chi connectivity index (χ1n) is 9.50. The molecule has 136 valence electrons. The number of carbonyl (C=O) groups excluding carboxylic acids is 2. The summed E-state index contributed by atoms with van der Waals surface area (Å²) in [6.07, 6.45) is 7.00. The molecule has 2 saturated heterocycles. The van der Waals surface area contributed by atoms with Gasteiger partial charge in [0, 0.05) is 48.9 Å². The second kappa shape index (κ2) is 6.98. The van der Waals surface area contributed by atoms with Gasteiger partial charge in [-0.1, -0.05) is 6.07 Å². The van der Waals surface area contributed by atoms with Gasteiger partial charge < -0.3 is 15.1 Å². The number of nitrogens with zero attached hydrogens (tertiary/aromatic N) is 2. The lowest BCUT2D eigenvalue weighted by molar-refractivity contribution is -0.139. The van der Waals surface area contributed by atoms with Crippen LogP contribution in [0.3, 0.4) is 0 Å². The highest BCUT2D eigenvalue weighted by molar-refractivity contribution is 7.09. The van der Waals surface area contributed by atoms with Crippen LogP contribution in [0, 0.1) is 5.41 Å². The molecule has 25 heavy (non-hydrogen) atoms. The number of thiophene rings is 1. The molecule has 3 aliphatic rings. The van der Waals surface area contributed by atoms with Gasteiger partial charge in [0.1, 0.15) is 0 Å². The number of likely N-dealkylation sites (tertiary alicyclic amines) is 2. The third-order valence-electron chi connectivity index (χ3n) is 5.86. The van der Waals surface area contributed by atoms with Crippen molar-refractivity contribution in [2.45, 2.75) is 51.0 Å². The van der Waals surface area contributed by atoms with Crippen LogP contribution in [0.25, 0.3) is 0 Å². The Morgan fingerprint density at radius 2 is 2.20 bits per heavy atom. The first-order chi connectivity index (χ1) is 12.2. The standard InChI is InChI=1S/C19H27N3O2S/c23-17-6-9-19(14-22(17)15-4-5-15)8-2-11-21(13-19)18(24)20-10-7-16-3-1-12-25-16/h1,3,12,15H,2,4-11,13-14H2,(H,20,24)/t19-/m1/s1. The predicted octanol–water partition coefficient (Wildman–Crippen LogP) is 2.87. The molecule has 1 N–H and O–H groups in total. The van der Waals surface area contributed by atoms with E-state index in [1.54, 1.807) is 11.3 Å².